The Balaban J connectivity index is 1.48. The first-order valence-corrected chi connectivity index (χ1v) is 10.2. The summed E-state index contributed by atoms with van der Waals surface area (Å²) >= 11 is 0. The first kappa shape index (κ1) is 19.7. The van der Waals surface area contributed by atoms with Crippen molar-refractivity contribution in [2.75, 3.05) is 39.4 Å². The second-order valence-electron chi connectivity index (χ2n) is 7.35. The lowest BCUT2D eigenvalue weighted by Crippen LogP contribution is -2.41. The molecule has 9 heteroatoms. The Hall–Kier alpha value is -2.65. The molecule has 1 aliphatic heterocycles. The molecule has 1 N–H and O–H groups in total. The average molecular weight is 401 g/mol. The van der Waals surface area contributed by atoms with Crippen molar-refractivity contribution in [1.82, 2.24) is 24.4 Å². The molecule has 1 fully saturated rings. The van der Waals surface area contributed by atoms with Crippen LogP contribution in [0.25, 0.3) is 16.6 Å². The molecule has 0 aliphatic carbocycles. The average Bonchev–Trinajstić information content (AvgIpc) is 3.32. The van der Waals surface area contributed by atoms with Gasteiger partial charge in [-0.2, -0.15) is 5.10 Å². The van der Waals surface area contributed by atoms with Crippen molar-refractivity contribution in [3.05, 3.63) is 34.6 Å². The maximum absolute atomic E-state index is 13.0. The molecular formula is C20H27N5O4. The summed E-state index contributed by atoms with van der Waals surface area (Å²) < 4.78 is 13.8. The van der Waals surface area contributed by atoms with E-state index in [1.54, 1.807) is 22.8 Å². The zero-order valence-corrected chi connectivity index (χ0v) is 16.9. The van der Waals surface area contributed by atoms with E-state index in [4.69, 9.17) is 9.15 Å². The predicted octanol–water partition coefficient (Wildman–Crippen LogP) is 1.34. The van der Waals surface area contributed by atoms with Gasteiger partial charge in [0, 0.05) is 31.8 Å². The topological polar surface area (TPSA) is 94.0 Å². The molecule has 1 aliphatic rings. The third-order valence-electron chi connectivity index (χ3n) is 5.46. The highest BCUT2D eigenvalue weighted by molar-refractivity contribution is 5.83. The number of aryl methyl sites for hydroxylation is 1. The summed E-state index contributed by atoms with van der Waals surface area (Å²) in [5.74, 6) is 0.456. The van der Waals surface area contributed by atoms with Gasteiger partial charge in [-0.05, 0) is 26.3 Å². The Kier molecular flexibility index (Phi) is 5.68. The molecule has 0 spiro atoms. The molecule has 0 aromatic carbocycles. The summed E-state index contributed by atoms with van der Waals surface area (Å²) in [5.41, 5.74) is 1.60. The van der Waals surface area contributed by atoms with Crippen LogP contribution in [0, 0.1) is 6.92 Å². The van der Waals surface area contributed by atoms with E-state index in [9.17, 15) is 9.59 Å². The van der Waals surface area contributed by atoms with Crippen molar-refractivity contribution in [3.8, 4) is 0 Å². The molecule has 4 rings (SSSR count). The number of nitrogens with one attached hydrogen (secondary N) is 1. The fourth-order valence-electron chi connectivity index (χ4n) is 3.93. The van der Waals surface area contributed by atoms with Gasteiger partial charge in [0.25, 0.3) is 5.56 Å². The number of fused-ring (bicyclic) bond motifs is 3. The first-order chi connectivity index (χ1) is 14.1. The number of hydrogen-bond acceptors (Lipinski definition) is 6. The molecule has 29 heavy (non-hydrogen) atoms. The molecule has 0 bridgehead atoms. The van der Waals surface area contributed by atoms with Crippen LogP contribution in [0.4, 0.5) is 0 Å². The summed E-state index contributed by atoms with van der Waals surface area (Å²) in [6.45, 7) is 8.61. The van der Waals surface area contributed by atoms with Crippen LogP contribution >= 0.6 is 0 Å². The molecule has 1 saturated heterocycles. The van der Waals surface area contributed by atoms with Crippen LogP contribution in [0.1, 0.15) is 31.6 Å². The molecule has 1 amide bonds. The highest BCUT2D eigenvalue weighted by atomic mass is 16.5. The monoisotopic (exact) mass is 401 g/mol. The van der Waals surface area contributed by atoms with E-state index in [2.05, 4.69) is 15.3 Å². The molecular weight excluding hydrogens is 374 g/mol. The molecule has 3 aromatic rings. The van der Waals surface area contributed by atoms with E-state index in [0.29, 0.717) is 29.9 Å². The van der Waals surface area contributed by atoms with E-state index in [0.717, 1.165) is 44.8 Å². The van der Waals surface area contributed by atoms with Crippen LogP contribution in [0.5, 0.6) is 0 Å². The summed E-state index contributed by atoms with van der Waals surface area (Å²) in [4.78, 5) is 28.1. The fourth-order valence-corrected chi connectivity index (χ4v) is 3.93. The van der Waals surface area contributed by atoms with Gasteiger partial charge in [0.05, 0.1) is 25.0 Å². The van der Waals surface area contributed by atoms with E-state index in [-0.39, 0.29) is 11.5 Å². The molecule has 1 unspecified atom stereocenters. The highest BCUT2D eigenvalue weighted by Crippen LogP contribution is 2.21. The summed E-state index contributed by atoms with van der Waals surface area (Å²) in [6.07, 6.45) is 2.92. The van der Waals surface area contributed by atoms with Crippen molar-refractivity contribution in [3.63, 3.8) is 0 Å². The lowest BCUT2D eigenvalue weighted by Gasteiger charge is -2.26. The Morgan fingerprint density at radius 3 is 2.86 bits per heavy atom. The smallest absolute Gasteiger partial charge is 0.291 e. The zero-order valence-electron chi connectivity index (χ0n) is 16.9. The number of ether oxygens (including phenoxy) is 1. The largest absolute Gasteiger partial charge is 0.463 e. The lowest BCUT2D eigenvalue weighted by molar-refractivity contribution is -0.124. The van der Waals surface area contributed by atoms with Gasteiger partial charge in [-0.25, -0.2) is 4.68 Å². The van der Waals surface area contributed by atoms with Crippen molar-refractivity contribution in [1.29, 1.82) is 0 Å². The Morgan fingerprint density at radius 2 is 2.10 bits per heavy atom. The van der Waals surface area contributed by atoms with Crippen LogP contribution < -0.4 is 10.9 Å². The third-order valence-corrected chi connectivity index (χ3v) is 5.46. The minimum Gasteiger partial charge on any atom is -0.463 e. The number of nitrogens with zero attached hydrogens (tertiary/aromatic N) is 4. The minimum absolute atomic E-state index is 0.178. The third kappa shape index (κ3) is 3.79. The lowest BCUT2D eigenvalue weighted by atomic mass is 10.2. The van der Waals surface area contributed by atoms with Crippen LogP contribution in [0.2, 0.25) is 0 Å². The summed E-state index contributed by atoms with van der Waals surface area (Å²) in [6, 6.07) is 2.87. The normalized spacial score (nSPS) is 16.5. The SMILES string of the molecule is CCC(C(=O)NCCCN1CCOCC1)n1nc(C)n2c(cc3occc32)c1=O. The number of morpholine rings is 1. The maximum Gasteiger partial charge on any atom is 0.291 e. The number of carbonyl (C=O) groups excluding carboxylic acids is 1. The molecule has 0 saturated carbocycles. The van der Waals surface area contributed by atoms with Gasteiger partial charge in [-0.15, -0.1) is 0 Å². The minimum atomic E-state index is -0.643. The van der Waals surface area contributed by atoms with Crippen molar-refractivity contribution in [2.24, 2.45) is 0 Å². The van der Waals surface area contributed by atoms with Crippen LogP contribution in [-0.4, -0.2) is 64.4 Å². The molecule has 1 atom stereocenters. The molecule has 4 heterocycles. The van der Waals surface area contributed by atoms with Crippen LogP contribution in [0.15, 0.2) is 27.6 Å². The van der Waals surface area contributed by atoms with Gasteiger partial charge in [0.1, 0.15) is 17.4 Å². The van der Waals surface area contributed by atoms with E-state index >= 15 is 0 Å². The fraction of sp³-hybridized carbons (Fsp3) is 0.550. The van der Waals surface area contributed by atoms with Crippen LogP contribution in [0.3, 0.4) is 0 Å². The van der Waals surface area contributed by atoms with Gasteiger partial charge in [-0.1, -0.05) is 6.92 Å². The second-order valence-corrected chi connectivity index (χ2v) is 7.35. The molecule has 9 nitrogen and oxygen atoms in total. The number of aromatic nitrogens is 3. The Labute approximate surface area is 168 Å². The number of hydrogen-bond donors (Lipinski definition) is 1. The van der Waals surface area contributed by atoms with Gasteiger partial charge >= 0.3 is 0 Å². The molecule has 0 radical (unpaired) electrons. The summed E-state index contributed by atoms with van der Waals surface area (Å²) in [5, 5.41) is 7.41. The Morgan fingerprint density at radius 1 is 1.31 bits per heavy atom. The van der Waals surface area contributed by atoms with Crippen LogP contribution in [-0.2, 0) is 9.53 Å². The molecule has 3 aromatic heterocycles. The maximum atomic E-state index is 13.0. The zero-order chi connectivity index (χ0) is 20.4. The molecule has 156 valence electrons. The number of rotatable bonds is 7. The van der Waals surface area contributed by atoms with Gasteiger partial charge in [0.15, 0.2) is 5.58 Å². The number of furan rings is 1. The van der Waals surface area contributed by atoms with Gasteiger partial charge in [-0.3, -0.25) is 18.9 Å². The second kappa shape index (κ2) is 8.38. The van der Waals surface area contributed by atoms with E-state index in [1.165, 1.54) is 4.68 Å². The highest BCUT2D eigenvalue weighted by Gasteiger charge is 2.23. The Bertz CT molecular complexity index is 1060. The van der Waals surface area contributed by atoms with Crippen molar-refractivity contribution < 1.29 is 13.9 Å². The number of carbonyl (C=O) groups is 1. The summed E-state index contributed by atoms with van der Waals surface area (Å²) in [7, 11) is 0. The number of amides is 1. The van der Waals surface area contributed by atoms with Gasteiger partial charge in [0.2, 0.25) is 5.91 Å². The van der Waals surface area contributed by atoms with Crippen molar-refractivity contribution >= 4 is 22.5 Å². The van der Waals surface area contributed by atoms with Gasteiger partial charge < -0.3 is 14.5 Å². The quantitative estimate of drug-likeness (QED) is 0.601. The van der Waals surface area contributed by atoms with E-state index in [1.807, 2.05) is 13.8 Å². The van der Waals surface area contributed by atoms with Crippen molar-refractivity contribution in [2.45, 2.75) is 32.7 Å². The standard InChI is InChI=1S/C20H27N5O4/c1-3-15(19(26)21-6-4-7-23-8-11-28-12-9-23)25-20(27)17-13-18-16(5-10-29-18)24(17)14(2)22-25/h5,10,13,15H,3-4,6-9,11-12H2,1-2H3,(H,21,26). The first-order valence-electron chi connectivity index (χ1n) is 10.2. The van der Waals surface area contributed by atoms with E-state index < -0.39 is 6.04 Å². The predicted molar refractivity (Wildman–Crippen MR) is 108 cm³/mol.